The summed E-state index contributed by atoms with van der Waals surface area (Å²) in [7, 11) is 0. The average Bonchev–Trinajstić information content (AvgIpc) is 3.25. The third-order valence-electron chi connectivity index (χ3n) is 5.57. The average molecular weight is 478 g/mol. The van der Waals surface area contributed by atoms with Gasteiger partial charge < -0.3 is 15.0 Å². The molecule has 1 fully saturated rings. The molecule has 0 radical (unpaired) electrons. The summed E-state index contributed by atoms with van der Waals surface area (Å²) in [5.41, 5.74) is 2.62. The van der Waals surface area contributed by atoms with Crippen molar-refractivity contribution in [3.05, 3.63) is 66.2 Å². The highest BCUT2D eigenvalue weighted by atomic mass is 32.2. The van der Waals surface area contributed by atoms with Crippen LogP contribution in [0, 0.1) is 0 Å². The largest absolute Gasteiger partial charge is 0.378 e. The molecule has 33 heavy (non-hydrogen) atoms. The normalized spacial score (nSPS) is 14.0. The predicted molar refractivity (Wildman–Crippen MR) is 134 cm³/mol. The van der Waals surface area contributed by atoms with Crippen LogP contribution >= 0.6 is 23.1 Å². The first kappa shape index (κ1) is 21.9. The fourth-order valence-corrected chi connectivity index (χ4v) is 5.91. The maximum atomic E-state index is 12.7. The molecule has 1 N–H and O–H groups in total. The standard InChI is InChI=1S/C25H23N3O3S2/c29-23(14-18-6-3-5-17-4-1-2-7-20(17)18)26-19-8-9-21-22(15-19)33-25(27-21)32-16-24(30)28-10-12-31-13-11-28/h1-9,15H,10-14,16H2,(H,26,29). The van der Waals surface area contributed by atoms with Gasteiger partial charge in [0.15, 0.2) is 4.34 Å². The Morgan fingerprint density at radius 2 is 1.88 bits per heavy atom. The molecular weight excluding hydrogens is 454 g/mol. The molecule has 1 aliphatic rings. The van der Waals surface area contributed by atoms with Crippen molar-refractivity contribution in [1.82, 2.24) is 9.88 Å². The van der Waals surface area contributed by atoms with Crippen LogP contribution in [0.25, 0.3) is 21.0 Å². The summed E-state index contributed by atoms with van der Waals surface area (Å²) in [6.07, 6.45) is 0.312. The number of thioether (sulfide) groups is 1. The minimum atomic E-state index is -0.0547. The molecule has 1 aliphatic heterocycles. The number of carbonyl (C=O) groups is 2. The molecule has 0 atom stereocenters. The molecule has 2 heterocycles. The van der Waals surface area contributed by atoms with Crippen LogP contribution in [0.15, 0.2) is 65.0 Å². The Bertz CT molecular complexity index is 1310. The minimum absolute atomic E-state index is 0.0547. The first-order chi connectivity index (χ1) is 16.2. The third-order valence-corrected chi connectivity index (χ3v) is 7.71. The van der Waals surface area contributed by atoms with E-state index in [1.807, 2.05) is 53.4 Å². The second kappa shape index (κ2) is 9.91. The SMILES string of the molecule is O=C(Cc1cccc2ccccc12)Nc1ccc2nc(SCC(=O)N3CCOCC3)sc2c1. The van der Waals surface area contributed by atoms with Gasteiger partial charge in [-0.05, 0) is 34.5 Å². The van der Waals surface area contributed by atoms with Gasteiger partial charge in [-0.3, -0.25) is 9.59 Å². The van der Waals surface area contributed by atoms with E-state index < -0.39 is 0 Å². The van der Waals surface area contributed by atoms with Gasteiger partial charge in [-0.2, -0.15) is 0 Å². The second-order valence-corrected chi connectivity index (χ2v) is 10.1. The number of nitrogens with one attached hydrogen (secondary N) is 1. The van der Waals surface area contributed by atoms with E-state index in [2.05, 4.69) is 22.4 Å². The van der Waals surface area contributed by atoms with Crippen LogP contribution in [0.5, 0.6) is 0 Å². The van der Waals surface area contributed by atoms with Gasteiger partial charge in [0.05, 0.1) is 35.6 Å². The van der Waals surface area contributed by atoms with Gasteiger partial charge in [-0.25, -0.2) is 4.98 Å². The van der Waals surface area contributed by atoms with E-state index in [1.54, 1.807) is 0 Å². The van der Waals surface area contributed by atoms with E-state index in [9.17, 15) is 9.59 Å². The highest BCUT2D eigenvalue weighted by molar-refractivity contribution is 8.01. The third kappa shape index (κ3) is 5.19. The summed E-state index contributed by atoms with van der Waals surface area (Å²) in [6, 6.07) is 19.9. The molecule has 0 aliphatic carbocycles. The number of benzene rings is 3. The molecule has 0 bridgehead atoms. The molecule has 0 saturated carbocycles. The molecule has 4 aromatic rings. The van der Waals surface area contributed by atoms with Gasteiger partial charge in [-0.15, -0.1) is 11.3 Å². The number of nitrogens with zero attached hydrogens (tertiary/aromatic N) is 2. The number of aromatic nitrogens is 1. The Morgan fingerprint density at radius 3 is 2.76 bits per heavy atom. The number of fused-ring (bicyclic) bond motifs is 2. The molecule has 0 unspecified atom stereocenters. The first-order valence-corrected chi connectivity index (χ1v) is 12.6. The van der Waals surface area contributed by atoms with E-state index in [0.717, 1.165) is 36.6 Å². The van der Waals surface area contributed by atoms with Crippen LogP contribution in [0.4, 0.5) is 5.69 Å². The highest BCUT2D eigenvalue weighted by Gasteiger charge is 2.18. The van der Waals surface area contributed by atoms with Crippen LogP contribution in [0.3, 0.4) is 0 Å². The molecule has 1 saturated heterocycles. The van der Waals surface area contributed by atoms with Crippen molar-refractivity contribution < 1.29 is 14.3 Å². The van der Waals surface area contributed by atoms with Crippen molar-refractivity contribution in [2.45, 2.75) is 10.8 Å². The zero-order chi connectivity index (χ0) is 22.6. The number of hydrogen-bond donors (Lipinski definition) is 1. The van der Waals surface area contributed by atoms with E-state index in [-0.39, 0.29) is 11.8 Å². The quantitative estimate of drug-likeness (QED) is 0.412. The fourth-order valence-electron chi connectivity index (χ4n) is 3.90. The summed E-state index contributed by atoms with van der Waals surface area (Å²) >= 11 is 3.00. The number of carbonyl (C=O) groups excluding carboxylic acids is 2. The van der Waals surface area contributed by atoms with E-state index in [4.69, 9.17) is 4.74 Å². The number of amides is 2. The minimum Gasteiger partial charge on any atom is -0.378 e. The van der Waals surface area contributed by atoms with Gasteiger partial charge in [0.2, 0.25) is 11.8 Å². The van der Waals surface area contributed by atoms with Crippen LogP contribution < -0.4 is 5.32 Å². The van der Waals surface area contributed by atoms with Crippen molar-refractivity contribution in [2.75, 3.05) is 37.4 Å². The lowest BCUT2D eigenvalue weighted by atomic mass is 10.0. The van der Waals surface area contributed by atoms with Crippen LogP contribution in [0.1, 0.15) is 5.56 Å². The summed E-state index contributed by atoms with van der Waals surface area (Å²) in [4.78, 5) is 31.6. The lowest BCUT2D eigenvalue weighted by Gasteiger charge is -2.26. The maximum absolute atomic E-state index is 12.7. The molecule has 168 valence electrons. The monoisotopic (exact) mass is 477 g/mol. The Morgan fingerprint density at radius 1 is 1.06 bits per heavy atom. The van der Waals surface area contributed by atoms with Gasteiger partial charge in [0, 0.05) is 18.8 Å². The molecule has 3 aromatic carbocycles. The lowest BCUT2D eigenvalue weighted by Crippen LogP contribution is -2.41. The number of thiazole rings is 1. The van der Waals surface area contributed by atoms with Crippen LogP contribution in [0.2, 0.25) is 0 Å². The molecule has 8 heteroatoms. The zero-order valence-corrected chi connectivity index (χ0v) is 19.6. The van der Waals surface area contributed by atoms with Crippen molar-refractivity contribution >= 4 is 61.6 Å². The predicted octanol–water partition coefficient (Wildman–Crippen LogP) is 4.58. The topological polar surface area (TPSA) is 71.5 Å². The van der Waals surface area contributed by atoms with E-state index in [1.165, 1.54) is 23.1 Å². The molecular formula is C25H23N3O3S2. The molecule has 0 spiro atoms. The number of rotatable bonds is 6. The maximum Gasteiger partial charge on any atom is 0.233 e. The number of anilines is 1. The van der Waals surface area contributed by atoms with Crippen LogP contribution in [-0.4, -0.2) is 53.8 Å². The molecule has 2 amide bonds. The van der Waals surface area contributed by atoms with Crippen molar-refractivity contribution in [3.8, 4) is 0 Å². The second-order valence-electron chi connectivity index (χ2n) is 7.81. The smallest absolute Gasteiger partial charge is 0.233 e. The Hall–Kier alpha value is -2.94. The Kier molecular flexibility index (Phi) is 6.57. The lowest BCUT2D eigenvalue weighted by molar-refractivity contribution is -0.132. The van der Waals surface area contributed by atoms with Crippen molar-refractivity contribution in [1.29, 1.82) is 0 Å². The molecule has 6 nitrogen and oxygen atoms in total. The Balaban J connectivity index is 1.23. The fraction of sp³-hybridized carbons (Fsp3) is 0.240. The van der Waals surface area contributed by atoms with Gasteiger partial charge in [0.25, 0.3) is 0 Å². The van der Waals surface area contributed by atoms with E-state index in [0.29, 0.717) is 38.5 Å². The summed E-state index contributed by atoms with van der Waals surface area (Å²) < 4.78 is 7.14. The molecule has 5 rings (SSSR count). The summed E-state index contributed by atoms with van der Waals surface area (Å²) in [5.74, 6) is 0.430. The van der Waals surface area contributed by atoms with Crippen LogP contribution in [-0.2, 0) is 20.7 Å². The number of ether oxygens (including phenoxy) is 1. The Labute approximate surface area is 199 Å². The van der Waals surface area contributed by atoms with Crippen molar-refractivity contribution in [2.24, 2.45) is 0 Å². The number of hydrogen-bond acceptors (Lipinski definition) is 6. The van der Waals surface area contributed by atoms with Crippen molar-refractivity contribution in [3.63, 3.8) is 0 Å². The number of morpholine rings is 1. The first-order valence-electron chi connectivity index (χ1n) is 10.8. The van der Waals surface area contributed by atoms with Gasteiger partial charge >= 0.3 is 0 Å². The van der Waals surface area contributed by atoms with Gasteiger partial charge in [0.1, 0.15) is 0 Å². The zero-order valence-electron chi connectivity index (χ0n) is 18.0. The summed E-state index contributed by atoms with van der Waals surface area (Å²) in [6.45, 7) is 2.52. The molecule has 1 aromatic heterocycles. The highest BCUT2D eigenvalue weighted by Crippen LogP contribution is 2.31. The van der Waals surface area contributed by atoms with E-state index >= 15 is 0 Å². The summed E-state index contributed by atoms with van der Waals surface area (Å²) in [5, 5.41) is 5.24. The van der Waals surface area contributed by atoms with Gasteiger partial charge in [-0.1, -0.05) is 54.2 Å².